The molecule has 0 aliphatic rings. The van der Waals surface area contributed by atoms with Gasteiger partial charge in [-0.3, -0.25) is 4.79 Å². The summed E-state index contributed by atoms with van der Waals surface area (Å²) in [6, 6.07) is 9.47. The summed E-state index contributed by atoms with van der Waals surface area (Å²) in [7, 11) is 0. The Morgan fingerprint density at radius 2 is 2.13 bits per heavy atom. The minimum Gasteiger partial charge on any atom is -0.480 e. The van der Waals surface area contributed by atoms with Gasteiger partial charge in [-0.05, 0) is 24.4 Å². The Balaban J connectivity index is 2.58. The fraction of sp³-hybridized carbons (Fsp3) is 0.182. The van der Waals surface area contributed by atoms with Gasteiger partial charge in [-0.25, -0.2) is 0 Å². The standard InChI is InChI=1S/C11H11NO2S/c1-11(15,10(13)14)9-6-7-4-2-3-5-8(7)12-9/h2-6,12,15H,1H3,(H,13,14). The molecule has 0 saturated carbocycles. The predicted octanol–water partition coefficient (Wildman–Crippen LogP) is 2.40. The third-order valence-electron chi connectivity index (χ3n) is 2.47. The van der Waals surface area contributed by atoms with Gasteiger partial charge >= 0.3 is 5.97 Å². The third kappa shape index (κ3) is 1.61. The van der Waals surface area contributed by atoms with Crippen LogP contribution >= 0.6 is 12.6 Å². The maximum absolute atomic E-state index is 11.0. The molecule has 0 radical (unpaired) electrons. The number of carboxylic acids is 1. The van der Waals surface area contributed by atoms with Crippen LogP contribution in [0, 0.1) is 0 Å². The number of para-hydroxylation sites is 1. The lowest BCUT2D eigenvalue weighted by Crippen LogP contribution is -2.26. The highest BCUT2D eigenvalue weighted by atomic mass is 32.1. The van der Waals surface area contributed by atoms with Crippen LogP contribution in [-0.4, -0.2) is 16.1 Å². The molecule has 0 bridgehead atoms. The number of aromatic amines is 1. The Morgan fingerprint density at radius 1 is 1.47 bits per heavy atom. The van der Waals surface area contributed by atoms with E-state index in [0.29, 0.717) is 5.69 Å². The Kier molecular flexibility index (Phi) is 2.23. The van der Waals surface area contributed by atoms with Crippen LogP contribution in [0.3, 0.4) is 0 Å². The van der Waals surface area contributed by atoms with Gasteiger partial charge < -0.3 is 10.1 Å². The van der Waals surface area contributed by atoms with Crippen LogP contribution in [0.2, 0.25) is 0 Å². The number of rotatable bonds is 2. The first kappa shape index (κ1) is 10.1. The van der Waals surface area contributed by atoms with Crippen LogP contribution in [-0.2, 0) is 9.54 Å². The van der Waals surface area contributed by atoms with E-state index >= 15 is 0 Å². The molecule has 2 rings (SSSR count). The molecule has 3 nitrogen and oxygen atoms in total. The van der Waals surface area contributed by atoms with Crippen molar-refractivity contribution in [2.24, 2.45) is 0 Å². The van der Waals surface area contributed by atoms with Crippen LogP contribution in [0.25, 0.3) is 10.9 Å². The molecule has 0 amide bonds. The summed E-state index contributed by atoms with van der Waals surface area (Å²) in [5.74, 6) is -0.961. The number of carbonyl (C=O) groups is 1. The summed E-state index contributed by atoms with van der Waals surface area (Å²) in [5, 5.41) is 10.0. The number of fused-ring (bicyclic) bond motifs is 1. The normalized spacial score (nSPS) is 15.1. The monoisotopic (exact) mass is 221 g/mol. The Morgan fingerprint density at radius 3 is 2.73 bits per heavy atom. The number of carboxylic acid groups (broad SMARTS) is 1. The molecule has 1 aromatic heterocycles. The van der Waals surface area contributed by atoms with Gasteiger partial charge in [0.1, 0.15) is 4.75 Å². The van der Waals surface area contributed by atoms with Gasteiger partial charge in [-0.15, -0.1) is 0 Å². The summed E-state index contributed by atoms with van der Waals surface area (Å²) < 4.78 is -1.18. The highest BCUT2D eigenvalue weighted by Crippen LogP contribution is 2.30. The third-order valence-corrected chi connectivity index (χ3v) is 2.90. The smallest absolute Gasteiger partial charge is 0.325 e. The highest BCUT2D eigenvalue weighted by Gasteiger charge is 2.32. The minimum atomic E-state index is -1.18. The number of aliphatic carboxylic acids is 1. The summed E-state index contributed by atoms with van der Waals surface area (Å²) in [6.07, 6.45) is 0. The van der Waals surface area contributed by atoms with E-state index in [-0.39, 0.29) is 0 Å². The average Bonchev–Trinajstić information content (AvgIpc) is 2.61. The van der Waals surface area contributed by atoms with Crippen LogP contribution in [0.15, 0.2) is 30.3 Å². The van der Waals surface area contributed by atoms with E-state index in [0.717, 1.165) is 10.9 Å². The SMILES string of the molecule is CC(S)(C(=O)O)c1cc2ccccc2[nH]1. The molecule has 1 aromatic carbocycles. The van der Waals surface area contributed by atoms with Crippen molar-refractivity contribution in [3.05, 3.63) is 36.0 Å². The first-order valence-electron chi connectivity index (χ1n) is 4.56. The number of hydrogen-bond acceptors (Lipinski definition) is 2. The zero-order chi connectivity index (χ0) is 11.1. The van der Waals surface area contributed by atoms with Gasteiger partial charge in [0.05, 0.1) is 0 Å². The molecule has 0 aliphatic heterocycles. The number of aromatic nitrogens is 1. The Hall–Kier alpha value is -1.42. The second kappa shape index (κ2) is 3.31. The second-order valence-corrected chi connectivity index (χ2v) is 4.54. The molecule has 4 heteroatoms. The lowest BCUT2D eigenvalue weighted by molar-refractivity contribution is -0.139. The minimum absolute atomic E-state index is 0.597. The maximum atomic E-state index is 11.0. The van der Waals surface area contributed by atoms with Crippen LogP contribution in [0.1, 0.15) is 12.6 Å². The fourth-order valence-corrected chi connectivity index (χ4v) is 1.57. The number of H-pyrrole nitrogens is 1. The van der Waals surface area contributed by atoms with Crippen molar-refractivity contribution in [3.63, 3.8) is 0 Å². The maximum Gasteiger partial charge on any atom is 0.325 e. The molecular formula is C11H11NO2S. The van der Waals surface area contributed by atoms with Gasteiger partial charge in [-0.1, -0.05) is 18.2 Å². The molecule has 0 fully saturated rings. The lowest BCUT2D eigenvalue weighted by atomic mass is 10.1. The Bertz CT molecular complexity index is 483. The van der Waals surface area contributed by atoms with E-state index in [4.69, 9.17) is 5.11 Å². The highest BCUT2D eigenvalue weighted by molar-refractivity contribution is 7.82. The van der Waals surface area contributed by atoms with E-state index in [9.17, 15) is 4.79 Å². The number of thiol groups is 1. The lowest BCUT2D eigenvalue weighted by Gasteiger charge is -2.15. The van der Waals surface area contributed by atoms with E-state index < -0.39 is 10.7 Å². The van der Waals surface area contributed by atoms with Crippen LogP contribution in [0.5, 0.6) is 0 Å². The Labute approximate surface area is 92.5 Å². The van der Waals surface area contributed by atoms with Gasteiger partial charge in [0.25, 0.3) is 0 Å². The van der Waals surface area contributed by atoms with Crippen molar-refractivity contribution >= 4 is 29.5 Å². The molecule has 0 spiro atoms. The molecule has 15 heavy (non-hydrogen) atoms. The number of nitrogens with one attached hydrogen (secondary N) is 1. The number of hydrogen-bond donors (Lipinski definition) is 3. The molecule has 2 N–H and O–H groups in total. The van der Waals surface area contributed by atoms with Crippen molar-refractivity contribution in [2.45, 2.75) is 11.7 Å². The molecule has 2 aromatic rings. The number of benzene rings is 1. The molecular weight excluding hydrogens is 210 g/mol. The van der Waals surface area contributed by atoms with Gasteiger partial charge in [0.2, 0.25) is 0 Å². The zero-order valence-corrected chi connectivity index (χ0v) is 9.08. The van der Waals surface area contributed by atoms with Gasteiger partial charge in [0, 0.05) is 11.2 Å². The quantitative estimate of drug-likeness (QED) is 0.682. The van der Waals surface area contributed by atoms with Gasteiger partial charge in [-0.2, -0.15) is 12.6 Å². The van der Waals surface area contributed by atoms with Crippen molar-refractivity contribution in [3.8, 4) is 0 Å². The van der Waals surface area contributed by atoms with E-state index in [1.54, 1.807) is 6.92 Å². The van der Waals surface area contributed by atoms with E-state index in [1.807, 2.05) is 30.3 Å². The van der Waals surface area contributed by atoms with Crippen molar-refractivity contribution in [1.82, 2.24) is 4.98 Å². The van der Waals surface area contributed by atoms with Crippen LogP contribution < -0.4 is 0 Å². The molecule has 1 unspecified atom stereocenters. The average molecular weight is 221 g/mol. The summed E-state index contributed by atoms with van der Waals surface area (Å²) >= 11 is 4.15. The fourth-order valence-electron chi connectivity index (χ4n) is 1.45. The first-order valence-corrected chi connectivity index (χ1v) is 5.00. The first-order chi connectivity index (χ1) is 7.01. The van der Waals surface area contributed by atoms with Gasteiger partial charge in [0.15, 0.2) is 0 Å². The summed E-state index contributed by atoms with van der Waals surface area (Å²) in [6.45, 7) is 1.56. The molecule has 0 saturated heterocycles. The predicted molar refractivity (Wildman–Crippen MR) is 62.3 cm³/mol. The van der Waals surface area contributed by atoms with Crippen molar-refractivity contribution in [2.75, 3.05) is 0 Å². The second-order valence-electron chi connectivity index (χ2n) is 3.65. The molecule has 0 aliphatic carbocycles. The van der Waals surface area contributed by atoms with Crippen molar-refractivity contribution < 1.29 is 9.90 Å². The molecule has 1 heterocycles. The zero-order valence-electron chi connectivity index (χ0n) is 8.19. The van der Waals surface area contributed by atoms with Crippen LogP contribution in [0.4, 0.5) is 0 Å². The summed E-state index contributed by atoms with van der Waals surface area (Å²) in [4.78, 5) is 14.1. The largest absolute Gasteiger partial charge is 0.480 e. The summed E-state index contributed by atoms with van der Waals surface area (Å²) in [5.41, 5.74) is 1.52. The molecule has 78 valence electrons. The van der Waals surface area contributed by atoms with E-state index in [2.05, 4.69) is 17.6 Å². The topological polar surface area (TPSA) is 53.1 Å². The van der Waals surface area contributed by atoms with Crippen molar-refractivity contribution in [1.29, 1.82) is 0 Å². The molecule has 1 atom stereocenters. The van der Waals surface area contributed by atoms with E-state index in [1.165, 1.54) is 0 Å².